The molecule has 0 aromatic heterocycles. The Kier molecular flexibility index (Phi) is 15.6. The predicted molar refractivity (Wildman–Crippen MR) is 49.1 cm³/mol. The fourth-order valence-electron chi connectivity index (χ4n) is 0.945. The van der Waals surface area contributed by atoms with Crippen molar-refractivity contribution in [1.29, 1.82) is 0 Å². The SMILES string of the molecule is CCCCCCCC(=O)NO.[K]. The van der Waals surface area contributed by atoms with Gasteiger partial charge in [0.1, 0.15) is 0 Å². The summed E-state index contributed by atoms with van der Waals surface area (Å²) in [7, 11) is 0. The fraction of sp³-hybridized carbons (Fsp3) is 0.875. The van der Waals surface area contributed by atoms with Crippen molar-refractivity contribution in [2.45, 2.75) is 45.4 Å². The molecule has 0 rings (SSSR count). The van der Waals surface area contributed by atoms with Gasteiger partial charge in [-0.3, -0.25) is 10.0 Å². The third-order valence-electron chi connectivity index (χ3n) is 1.63. The summed E-state index contributed by atoms with van der Waals surface area (Å²) < 4.78 is 0. The second kappa shape index (κ2) is 12.1. The molecule has 0 bridgehead atoms. The Bertz CT molecular complexity index is 109. The molecule has 0 aliphatic heterocycles. The second-order valence-corrected chi connectivity index (χ2v) is 2.70. The fourth-order valence-corrected chi connectivity index (χ4v) is 0.945. The third-order valence-corrected chi connectivity index (χ3v) is 1.63. The summed E-state index contributed by atoms with van der Waals surface area (Å²) in [5.41, 5.74) is 1.62. The summed E-state index contributed by atoms with van der Waals surface area (Å²) in [5.74, 6) is -0.276. The standard InChI is InChI=1S/C8H17NO2.K/c1-2-3-4-5-6-7-8(10)9-11;/h11H,2-7H2,1H3,(H,9,10);. The van der Waals surface area contributed by atoms with Gasteiger partial charge in [0.05, 0.1) is 0 Å². The molecule has 0 heterocycles. The van der Waals surface area contributed by atoms with Crippen LogP contribution in [0.2, 0.25) is 0 Å². The molecule has 0 fully saturated rings. The van der Waals surface area contributed by atoms with Crippen LogP contribution < -0.4 is 5.48 Å². The Balaban J connectivity index is 0. The summed E-state index contributed by atoms with van der Waals surface area (Å²) in [6.45, 7) is 2.15. The maximum Gasteiger partial charge on any atom is 0.243 e. The summed E-state index contributed by atoms with van der Waals surface area (Å²) in [6.07, 6.45) is 6.05. The van der Waals surface area contributed by atoms with Gasteiger partial charge in [-0.25, -0.2) is 5.48 Å². The van der Waals surface area contributed by atoms with E-state index in [0.29, 0.717) is 6.42 Å². The Labute approximate surface area is 117 Å². The monoisotopic (exact) mass is 198 g/mol. The number of nitrogens with one attached hydrogen (secondary N) is 1. The number of unbranched alkanes of at least 4 members (excludes halogenated alkanes) is 4. The van der Waals surface area contributed by atoms with Crippen molar-refractivity contribution in [3.8, 4) is 0 Å². The van der Waals surface area contributed by atoms with Crippen LogP contribution in [0.15, 0.2) is 0 Å². The van der Waals surface area contributed by atoms with Gasteiger partial charge < -0.3 is 0 Å². The van der Waals surface area contributed by atoms with Crippen LogP contribution in [-0.4, -0.2) is 62.5 Å². The van der Waals surface area contributed by atoms with Crippen molar-refractivity contribution in [3.63, 3.8) is 0 Å². The minimum absolute atomic E-state index is 0. The maximum atomic E-state index is 10.5. The summed E-state index contributed by atoms with van der Waals surface area (Å²) >= 11 is 0. The normalized spacial score (nSPS) is 8.83. The van der Waals surface area contributed by atoms with Gasteiger partial charge >= 0.3 is 0 Å². The number of carbonyl (C=O) groups excluding carboxylic acids is 1. The second-order valence-electron chi connectivity index (χ2n) is 2.70. The minimum Gasteiger partial charge on any atom is -0.289 e. The molecule has 67 valence electrons. The van der Waals surface area contributed by atoms with Crippen molar-refractivity contribution in [1.82, 2.24) is 5.48 Å². The molecule has 0 aliphatic carbocycles. The van der Waals surface area contributed by atoms with Crippen LogP contribution in [0.3, 0.4) is 0 Å². The molecule has 4 heteroatoms. The van der Waals surface area contributed by atoms with Crippen LogP contribution in [0, 0.1) is 0 Å². The molecule has 3 nitrogen and oxygen atoms in total. The molecular formula is C8H17KNO2. The van der Waals surface area contributed by atoms with Gasteiger partial charge in [-0.1, -0.05) is 32.6 Å². The number of hydroxylamine groups is 1. The van der Waals surface area contributed by atoms with Gasteiger partial charge in [0.25, 0.3) is 0 Å². The third kappa shape index (κ3) is 11.1. The molecule has 12 heavy (non-hydrogen) atoms. The van der Waals surface area contributed by atoms with Gasteiger partial charge in [0.2, 0.25) is 5.91 Å². The smallest absolute Gasteiger partial charge is 0.243 e. The molecule has 1 amide bonds. The van der Waals surface area contributed by atoms with E-state index in [-0.39, 0.29) is 57.3 Å². The molecule has 0 unspecified atom stereocenters. The molecule has 0 spiro atoms. The molecule has 0 saturated heterocycles. The van der Waals surface area contributed by atoms with Gasteiger partial charge in [0.15, 0.2) is 0 Å². The number of rotatable bonds is 6. The summed E-state index contributed by atoms with van der Waals surface area (Å²) in [5, 5.41) is 8.14. The van der Waals surface area contributed by atoms with Gasteiger partial charge in [0, 0.05) is 57.8 Å². The molecule has 0 aromatic rings. The van der Waals surface area contributed by atoms with Crippen molar-refractivity contribution in [2.75, 3.05) is 0 Å². The van der Waals surface area contributed by atoms with E-state index in [0.717, 1.165) is 12.8 Å². The predicted octanol–water partition coefficient (Wildman–Crippen LogP) is 1.47. The van der Waals surface area contributed by atoms with E-state index in [9.17, 15) is 4.79 Å². The van der Waals surface area contributed by atoms with Crippen LogP contribution in [0.5, 0.6) is 0 Å². The number of hydrogen-bond donors (Lipinski definition) is 2. The van der Waals surface area contributed by atoms with Crippen LogP contribution in [0.1, 0.15) is 45.4 Å². The van der Waals surface area contributed by atoms with E-state index < -0.39 is 0 Å². The Hall–Kier alpha value is 1.07. The zero-order valence-corrected chi connectivity index (χ0v) is 11.2. The van der Waals surface area contributed by atoms with Gasteiger partial charge in [-0.15, -0.1) is 0 Å². The first kappa shape index (κ1) is 15.5. The maximum absolute atomic E-state index is 10.5. The average molecular weight is 198 g/mol. The molecule has 0 saturated carbocycles. The topological polar surface area (TPSA) is 49.3 Å². The Morgan fingerprint density at radius 1 is 1.25 bits per heavy atom. The zero-order chi connectivity index (χ0) is 8.53. The average Bonchev–Trinajstić information content (AvgIpc) is 2.04. The van der Waals surface area contributed by atoms with Crippen molar-refractivity contribution in [2.24, 2.45) is 0 Å². The Morgan fingerprint density at radius 2 is 1.83 bits per heavy atom. The van der Waals surface area contributed by atoms with E-state index in [4.69, 9.17) is 5.21 Å². The van der Waals surface area contributed by atoms with Crippen LogP contribution >= 0.6 is 0 Å². The largest absolute Gasteiger partial charge is 0.289 e. The van der Waals surface area contributed by atoms with Crippen molar-refractivity contribution < 1.29 is 10.0 Å². The Morgan fingerprint density at radius 3 is 2.33 bits per heavy atom. The minimum atomic E-state index is -0.276. The van der Waals surface area contributed by atoms with Crippen LogP contribution in [-0.2, 0) is 4.79 Å². The first-order valence-corrected chi connectivity index (χ1v) is 4.24. The molecule has 0 aromatic carbocycles. The number of carbonyl (C=O) groups is 1. The first-order valence-electron chi connectivity index (χ1n) is 4.24. The first-order chi connectivity index (χ1) is 5.31. The number of amides is 1. The molecule has 0 atom stereocenters. The number of hydrogen-bond acceptors (Lipinski definition) is 2. The molecule has 1 radical (unpaired) electrons. The van der Waals surface area contributed by atoms with E-state index in [1.165, 1.54) is 19.3 Å². The van der Waals surface area contributed by atoms with Crippen LogP contribution in [0.25, 0.3) is 0 Å². The van der Waals surface area contributed by atoms with E-state index in [2.05, 4.69) is 6.92 Å². The van der Waals surface area contributed by atoms with Crippen molar-refractivity contribution >= 4 is 57.3 Å². The molecule has 2 N–H and O–H groups in total. The van der Waals surface area contributed by atoms with Gasteiger partial charge in [-0.05, 0) is 6.42 Å². The van der Waals surface area contributed by atoms with E-state index >= 15 is 0 Å². The van der Waals surface area contributed by atoms with Crippen LogP contribution in [0.4, 0.5) is 0 Å². The molecule has 0 aliphatic rings. The van der Waals surface area contributed by atoms with Gasteiger partial charge in [-0.2, -0.15) is 0 Å². The summed E-state index contributed by atoms with van der Waals surface area (Å²) in [4.78, 5) is 10.5. The van der Waals surface area contributed by atoms with E-state index in [1.807, 2.05) is 0 Å². The molecular weight excluding hydrogens is 181 g/mol. The van der Waals surface area contributed by atoms with E-state index in [1.54, 1.807) is 5.48 Å². The van der Waals surface area contributed by atoms with Crippen molar-refractivity contribution in [3.05, 3.63) is 0 Å². The quantitative estimate of drug-likeness (QED) is 0.294. The zero-order valence-electron chi connectivity index (χ0n) is 8.10. The summed E-state index contributed by atoms with van der Waals surface area (Å²) in [6, 6.07) is 0.